The molecular formula is C26H32N10S. The minimum Gasteiger partial charge on any atom is -0.368 e. The summed E-state index contributed by atoms with van der Waals surface area (Å²) in [5, 5.41) is 9.76. The van der Waals surface area contributed by atoms with Crippen molar-refractivity contribution in [2.24, 2.45) is 0 Å². The van der Waals surface area contributed by atoms with Gasteiger partial charge >= 0.3 is 0 Å². The van der Waals surface area contributed by atoms with Gasteiger partial charge in [0.05, 0.1) is 27.8 Å². The van der Waals surface area contributed by atoms with Crippen molar-refractivity contribution < 1.29 is 0 Å². The summed E-state index contributed by atoms with van der Waals surface area (Å²) in [5.41, 5.74) is 9.88. The number of thiophene rings is 1. The Morgan fingerprint density at radius 1 is 1.11 bits per heavy atom. The Bertz CT molecular complexity index is 1380. The van der Waals surface area contributed by atoms with Crippen LogP contribution >= 0.6 is 11.3 Å². The Labute approximate surface area is 220 Å². The Morgan fingerprint density at radius 3 is 2.73 bits per heavy atom. The first-order valence-corrected chi connectivity index (χ1v) is 13.8. The normalized spacial score (nSPS) is 17.9. The summed E-state index contributed by atoms with van der Waals surface area (Å²) in [4.78, 5) is 22.9. The maximum atomic E-state index is 6.17. The highest BCUT2D eigenvalue weighted by molar-refractivity contribution is 7.17. The van der Waals surface area contributed by atoms with Crippen LogP contribution in [0, 0.1) is 6.92 Å². The van der Waals surface area contributed by atoms with Gasteiger partial charge in [0.15, 0.2) is 5.82 Å². The molecule has 4 aromatic rings. The van der Waals surface area contributed by atoms with E-state index in [1.807, 2.05) is 24.4 Å². The van der Waals surface area contributed by atoms with E-state index in [4.69, 9.17) is 5.73 Å². The van der Waals surface area contributed by atoms with Crippen LogP contribution < -0.4 is 11.1 Å². The molecule has 0 amide bonds. The van der Waals surface area contributed by atoms with Gasteiger partial charge in [0.25, 0.3) is 0 Å². The van der Waals surface area contributed by atoms with Crippen LogP contribution in [0.3, 0.4) is 0 Å². The minimum absolute atomic E-state index is 0.255. The molecule has 0 spiro atoms. The van der Waals surface area contributed by atoms with Crippen molar-refractivity contribution in [3.05, 3.63) is 47.4 Å². The third-order valence-electron chi connectivity index (χ3n) is 7.25. The number of anilines is 3. The van der Waals surface area contributed by atoms with Gasteiger partial charge in [-0.2, -0.15) is 9.67 Å². The Kier molecular flexibility index (Phi) is 6.81. The summed E-state index contributed by atoms with van der Waals surface area (Å²) in [6, 6.07) is 4.75. The van der Waals surface area contributed by atoms with Gasteiger partial charge in [-0.25, -0.2) is 9.97 Å². The summed E-state index contributed by atoms with van der Waals surface area (Å²) in [6.07, 6.45) is 12.9. The van der Waals surface area contributed by atoms with Crippen LogP contribution in [0.4, 0.5) is 17.6 Å². The predicted molar refractivity (Wildman–Crippen MR) is 148 cm³/mol. The lowest BCUT2D eigenvalue weighted by Gasteiger charge is -2.36. The monoisotopic (exact) mass is 516 g/mol. The topological polar surface area (TPSA) is 114 Å². The van der Waals surface area contributed by atoms with Crippen molar-refractivity contribution in [3.63, 3.8) is 0 Å². The fraction of sp³-hybridized carbons (Fsp3) is 0.423. The third-order valence-corrected chi connectivity index (χ3v) is 8.34. The summed E-state index contributed by atoms with van der Waals surface area (Å²) < 4.78 is 2.47. The second-order valence-electron chi connectivity index (χ2n) is 9.77. The molecular weight excluding hydrogens is 484 g/mol. The smallest absolute Gasteiger partial charge is 0.248 e. The molecule has 4 aromatic heterocycles. The molecule has 2 fully saturated rings. The molecule has 0 saturated carbocycles. The number of piperidine rings is 1. The van der Waals surface area contributed by atoms with Crippen molar-refractivity contribution in [2.75, 3.05) is 43.8 Å². The molecule has 2 aliphatic heterocycles. The van der Waals surface area contributed by atoms with Crippen molar-refractivity contribution in [1.82, 2.24) is 39.5 Å². The molecule has 0 atom stereocenters. The van der Waals surface area contributed by atoms with Gasteiger partial charge < -0.3 is 16.0 Å². The molecule has 192 valence electrons. The van der Waals surface area contributed by atoms with Crippen LogP contribution in [0.1, 0.15) is 36.9 Å². The number of rotatable bonds is 7. The SMILES string of the molecule is Cc1csc2c(-n3nc(Nc4ccc(C=CCN5CCC(N6CCCC6)CC5)nc4)nc3N)ncnc12. The van der Waals surface area contributed by atoms with Gasteiger partial charge in [0, 0.05) is 12.6 Å². The van der Waals surface area contributed by atoms with E-state index in [-0.39, 0.29) is 5.95 Å². The number of nitrogens with two attached hydrogens (primary N) is 1. The number of nitrogen functional groups attached to an aromatic ring is 1. The van der Waals surface area contributed by atoms with Gasteiger partial charge in [-0.15, -0.1) is 16.4 Å². The number of nitrogens with one attached hydrogen (secondary N) is 1. The fourth-order valence-corrected chi connectivity index (χ4v) is 6.22. The van der Waals surface area contributed by atoms with Crippen molar-refractivity contribution in [3.8, 4) is 5.82 Å². The Hall–Kier alpha value is -3.41. The van der Waals surface area contributed by atoms with Crippen molar-refractivity contribution in [2.45, 2.75) is 38.6 Å². The zero-order chi connectivity index (χ0) is 25.2. The maximum absolute atomic E-state index is 6.17. The number of aryl methyl sites for hydroxylation is 1. The second-order valence-corrected chi connectivity index (χ2v) is 10.7. The van der Waals surface area contributed by atoms with E-state index in [1.165, 1.54) is 58.2 Å². The molecule has 0 radical (unpaired) electrons. The molecule has 2 saturated heterocycles. The Morgan fingerprint density at radius 2 is 1.95 bits per heavy atom. The lowest BCUT2D eigenvalue weighted by atomic mass is 10.0. The van der Waals surface area contributed by atoms with E-state index in [0.29, 0.717) is 11.8 Å². The standard InChI is InChI=1S/C26H32N10S/c1-18-16-37-23-22(18)29-17-30-24(23)36-25(27)32-26(33-36)31-20-7-6-19(28-15-20)5-4-10-34-13-8-21(9-14-34)35-11-2-3-12-35/h4-7,15-17,21H,2-3,8-14H2,1H3,(H3,27,31,32,33). The van der Waals surface area contributed by atoms with E-state index in [2.05, 4.69) is 52.3 Å². The number of hydrogen-bond acceptors (Lipinski definition) is 10. The largest absolute Gasteiger partial charge is 0.368 e. The average molecular weight is 517 g/mol. The van der Waals surface area contributed by atoms with Gasteiger partial charge in [0.2, 0.25) is 11.9 Å². The number of hydrogen-bond donors (Lipinski definition) is 2. The first-order valence-electron chi connectivity index (χ1n) is 12.9. The number of nitrogens with zero attached hydrogens (tertiary/aromatic N) is 8. The lowest BCUT2D eigenvalue weighted by Crippen LogP contribution is -2.43. The highest BCUT2D eigenvalue weighted by Crippen LogP contribution is 2.29. The second kappa shape index (κ2) is 10.5. The molecule has 0 aliphatic carbocycles. The number of pyridine rings is 1. The van der Waals surface area contributed by atoms with Crippen LogP contribution in [0.15, 0.2) is 36.1 Å². The van der Waals surface area contributed by atoms with E-state index in [1.54, 1.807) is 22.2 Å². The summed E-state index contributed by atoms with van der Waals surface area (Å²) in [7, 11) is 0. The zero-order valence-corrected chi connectivity index (χ0v) is 21.9. The van der Waals surface area contributed by atoms with E-state index in [9.17, 15) is 0 Å². The van der Waals surface area contributed by atoms with Crippen LogP contribution in [-0.2, 0) is 0 Å². The molecule has 0 bridgehead atoms. The summed E-state index contributed by atoms with van der Waals surface area (Å²) in [6.45, 7) is 7.94. The van der Waals surface area contributed by atoms with E-state index < -0.39 is 0 Å². The maximum Gasteiger partial charge on any atom is 0.248 e. The van der Waals surface area contributed by atoms with Crippen LogP contribution in [0.25, 0.3) is 22.1 Å². The highest BCUT2D eigenvalue weighted by atomic mass is 32.1. The molecule has 2 aliphatic rings. The quantitative estimate of drug-likeness (QED) is 0.378. The molecule has 10 nitrogen and oxygen atoms in total. The highest BCUT2D eigenvalue weighted by Gasteiger charge is 2.25. The molecule has 3 N–H and O–H groups in total. The van der Waals surface area contributed by atoms with Gasteiger partial charge in [-0.1, -0.05) is 6.08 Å². The van der Waals surface area contributed by atoms with Crippen LogP contribution in [0.5, 0.6) is 0 Å². The van der Waals surface area contributed by atoms with Crippen molar-refractivity contribution in [1.29, 1.82) is 0 Å². The Balaban J connectivity index is 1.05. The third kappa shape index (κ3) is 5.20. The van der Waals surface area contributed by atoms with Crippen LogP contribution in [-0.4, -0.2) is 78.3 Å². The molecule has 11 heteroatoms. The van der Waals surface area contributed by atoms with Gasteiger partial charge in [-0.05, 0) is 87.9 Å². The van der Waals surface area contributed by atoms with E-state index >= 15 is 0 Å². The molecule has 0 unspecified atom stereocenters. The molecule has 6 rings (SSSR count). The van der Waals surface area contributed by atoms with Gasteiger partial charge in [-0.3, -0.25) is 9.88 Å². The number of fused-ring (bicyclic) bond motifs is 1. The number of aromatic nitrogens is 6. The molecule has 37 heavy (non-hydrogen) atoms. The fourth-order valence-electron chi connectivity index (χ4n) is 5.24. The van der Waals surface area contributed by atoms with Crippen LogP contribution in [0.2, 0.25) is 0 Å². The van der Waals surface area contributed by atoms with E-state index in [0.717, 1.165) is 39.7 Å². The lowest BCUT2D eigenvalue weighted by molar-refractivity contribution is 0.135. The van der Waals surface area contributed by atoms with Gasteiger partial charge in [0.1, 0.15) is 6.33 Å². The zero-order valence-electron chi connectivity index (χ0n) is 21.0. The minimum atomic E-state index is 0.255. The first-order chi connectivity index (χ1) is 18.1. The number of likely N-dealkylation sites (tertiary alicyclic amines) is 2. The predicted octanol–water partition coefficient (Wildman–Crippen LogP) is 3.87. The average Bonchev–Trinajstić information content (AvgIpc) is 3.67. The summed E-state index contributed by atoms with van der Waals surface area (Å²) in [5.74, 6) is 1.27. The first kappa shape index (κ1) is 24.0. The van der Waals surface area contributed by atoms with Crippen molar-refractivity contribution >= 4 is 45.2 Å². The molecule has 0 aromatic carbocycles. The summed E-state index contributed by atoms with van der Waals surface area (Å²) >= 11 is 1.57. The molecule has 6 heterocycles.